The first kappa shape index (κ1) is 17.0. The molecule has 1 aliphatic rings. The summed E-state index contributed by atoms with van der Waals surface area (Å²) in [5, 5.41) is 3.38. The van der Waals surface area contributed by atoms with Crippen LogP contribution in [0, 0.1) is 0 Å². The lowest BCUT2D eigenvalue weighted by Crippen LogP contribution is -2.47. The summed E-state index contributed by atoms with van der Waals surface area (Å²) in [5.74, 6) is -0.530. The van der Waals surface area contributed by atoms with Gasteiger partial charge in [0.05, 0.1) is 36.3 Å². The zero-order valence-electron chi connectivity index (χ0n) is 11.9. The number of nitrogens with zero attached hydrogens (tertiary/aromatic N) is 1. The van der Waals surface area contributed by atoms with Gasteiger partial charge in [0.25, 0.3) is 0 Å². The smallest absolute Gasteiger partial charge is 0.242 e. The van der Waals surface area contributed by atoms with E-state index in [0.717, 1.165) is 5.56 Å². The SMILES string of the molecule is NCC(=O)NCC(=O)N1CCOC(c2ccc(Cl)c(Cl)c2)C1. The van der Waals surface area contributed by atoms with E-state index in [0.29, 0.717) is 29.7 Å². The average molecular weight is 346 g/mol. The lowest BCUT2D eigenvalue weighted by molar-refractivity contribution is -0.139. The van der Waals surface area contributed by atoms with Gasteiger partial charge in [-0.15, -0.1) is 0 Å². The summed E-state index contributed by atoms with van der Waals surface area (Å²) >= 11 is 11.9. The highest BCUT2D eigenvalue weighted by molar-refractivity contribution is 6.42. The molecule has 1 unspecified atom stereocenters. The number of carbonyl (C=O) groups is 2. The topological polar surface area (TPSA) is 84.7 Å². The molecular formula is C14H17Cl2N3O3. The predicted octanol–water partition coefficient (Wildman–Crippen LogP) is 0.968. The Kier molecular flexibility index (Phi) is 6.02. The fraction of sp³-hybridized carbons (Fsp3) is 0.429. The van der Waals surface area contributed by atoms with Gasteiger partial charge in [-0.2, -0.15) is 0 Å². The molecule has 22 heavy (non-hydrogen) atoms. The Morgan fingerprint density at radius 3 is 2.82 bits per heavy atom. The van der Waals surface area contributed by atoms with Gasteiger partial charge < -0.3 is 20.7 Å². The van der Waals surface area contributed by atoms with E-state index in [1.54, 1.807) is 17.0 Å². The maximum atomic E-state index is 12.1. The summed E-state index contributed by atoms with van der Waals surface area (Å²) in [5.41, 5.74) is 6.04. The first-order chi connectivity index (χ1) is 10.5. The minimum absolute atomic E-state index is 0.0653. The minimum Gasteiger partial charge on any atom is -0.370 e. The van der Waals surface area contributed by atoms with Crippen LogP contribution in [0.2, 0.25) is 10.0 Å². The molecule has 0 aromatic heterocycles. The van der Waals surface area contributed by atoms with Crippen LogP contribution in [-0.2, 0) is 14.3 Å². The fourth-order valence-electron chi connectivity index (χ4n) is 2.15. The summed E-state index contributed by atoms with van der Waals surface area (Å²) in [4.78, 5) is 24.8. The summed E-state index contributed by atoms with van der Waals surface area (Å²) < 4.78 is 5.68. The van der Waals surface area contributed by atoms with Gasteiger partial charge in [-0.1, -0.05) is 29.3 Å². The third kappa shape index (κ3) is 4.33. The van der Waals surface area contributed by atoms with E-state index in [1.165, 1.54) is 0 Å². The van der Waals surface area contributed by atoms with Crippen LogP contribution in [0.5, 0.6) is 0 Å². The van der Waals surface area contributed by atoms with Crippen molar-refractivity contribution in [3.8, 4) is 0 Å². The second kappa shape index (κ2) is 7.78. The maximum absolute atomic E-state index is 12.1. The maximum Gasteiger partial charge on any atom is 0.242 e. The van der Waals surface area contributed by atoms with Crippen LogP contribution < -0.4 is 11.1 Å². The number of nitrogens with two attached hydrogens (primary N) is 1. The molecule has 1 heterocycles. The number of ether oxygens (including phenoxy) is 1. The molecule has 1 fully saturated rings. The normalized spacial score (nSPS) is 18.1. The second-order valence-corrected chi connectivity index (χ2v) is 5.67. The van der Waals surface area contributed by atoms with Gasteiger partial charge >= 0.3 is 0 Å². The molecule has 2 rings (SSSR count). The molecule has 1 saturated heterocycles. The zero-order chi connectivity index (χ0) is 16.1. The lowest BCUT2D eigenvalue weighted by Gasteiger charge is -2.33. The van der Waals surface area contributed by atoms with Crippen LogP contribution in [0.1, 0.15) is 11.7 Å². The number of nitrogens with one attached hydrogen (secondary N) is 1. The lowest BCUT2D eigenvalue weighted by atomic mass is 10.1. The molecular weight excluding hydrogens is 329 g/mol. The summed E-state index contributed by atoms with van der Waals surface area (Å²) in [6.07, 6.45) is -0.266. The van der Waals surface area contributed by atoms with Crippen molar-refractivity contribution >= 4 is 35.0 Å². The molecule has 1 aliphatic heterocycles. The van der Waals surface area contributed by atoms with E-state index in [4.69, 9.17) is 33.7 Å². The highest BCUT2D eigenvalue weighted by Gasteiger charge is 2.25. The van der Waals surface area contributed by atoms with E-state index in [9.17, 15) is 9.59 Å². The van der Waals surface area contributed by atoms with Crippen molar-refractivity contribution in [3.05, 3.63) is 33.8 Å². The average Bonchev–Trinajstić information content (AvgIpc) is 2.54. The van der Waals surface area contributed by atoms with Crippen molar-refractivity contribution in [2.24, 2.45) is 5.73 Å². The van der Waals surface area contributed by atoms with Gasteiger partial charge in [0.1, 0.15) is 6.10 Å². The van der Waals surface area contributed by atoms with E-state index < -0.39 is 0 Å². The van der Waals surface area contributed by atoms with Gasteiger partial charge in [-0.25, -0.2) is 0 Å². The number of amides is 2. The van der Waals surface area contributed by atoms with Gasteiger partial charge in [0.15, 0.2) is 0 Å². The Bertz CT molecular complexity index is 568. The van der Waals surface area contributed by atoms with E-state index in [-0.39, 0.29) is 31.0 Å². The molecule has 0 aliphatic carbocycles. The van der Waals surface area contributed by atoms with Crippen LogP contribution in [-0.4, -0.2) is 49.5 Å². The summed E-state index contributed by atoms with van der Waals surface area (Å²) in [6.45, 7) is 1.10. The minimum atomic E-state index is -0.359. The molecule has 0 saturated carbocycles. The van der Waals surface area contributed by atoms with Gasteiger partial charge in [0.2, 0.25) is 11.8 Å². The number of hydrogen-bond acceptors (Lipinski definition) is 4. The highest BCUT2D eigenvalue weighted by Crippen LogP contribution is 2.28. The number of rotatable bonds is 4. The van der Waals surface area contributed by atoms with Crippen molar-refractivity contribution in [2.45, 2.75) is 6.10 Å². The third-order valence-electron chi connectivity index (χ3n) is 3.36. The van der Waals surface area contributed by atoms with Crippen LogP contribution in [0.25, 0.3) is 0 Å². The monoisotopic (exact) mass is 345 g/mol. The zero-order valence-corrected chi connectivity index (χ0v) is 13.4. The quantitative estimate of drug-likeness (QED) is 0.851. The van der Waals surface area contributed by atoms with Gasteiger partial charge in [-0.05, 0) is 17.7 Å². The molecule has 8 heteroatoms. The van der Waals surface area contributed by atoms with Crippen molar-refractivity contribution in [2.75, 3.05) is 32.8 Å². The van der Waals surface area contributed by atoms with E-state index in [2.05, 4.69) is 5.32 Å². The predicted molar refractivity (Wildman–Crippen MR) is 83.8 cm³/mol. The Labute approximate surface area is 138 Å². The van der Waals surface area contributed by atoms with Crippen molar-refractivity contribution in [1.29, 1.82) is 0 Å². The van der Waals surface area contributed by atoms with E-state index >= 15 is 0 Å². The molecule has 2 amide bonds. The number of morpholine rings is 1. The summed E-state index contributed by atoms with van der Waals surface area (Å²) in [7, 11) is 0. The van der Waals surface area contributed by atoms with Crippen molar-refractivity contribution in [3.63, 3.8) is 0 Å². The van der Waals surface area contributed by atoms with Crippen molar-refractivity contribution < 1.29 is 14.3 Å². The highest BCUT2D eigenvalue weighted by atomic mass is 35.5. The van der Waals surface area contributed by atoms with Crippen LogP contribution in [0.15, 0.2) is 18.2 Å². The fourth-order valence-corrected chi connectivity index (χ4v) is 2.45. The number of carbonyl (C=O) groups excluding carboxylic acids is 2. The number of benzene rings is 1. The molecule has 120 valence electrons. The second-order valence-electron chi connectivity index (χ2n) is 4.85. The standard InChI is InChI=1S/C14H17Cl2N3O3/c15-10-2-1-9(5-11(10)16)12-8-19(3-4-22-12)14(21)7-18-13(20)6-17/h1-2,5,12H,3-4,6-8,17H2,(H,18,20). The molecule has 1 aromatic carbocycles. The molecule has 1 atom stereocenters. The molecule has 1 aromatic rings. The first-order valence-electron chi connectivity index (χ1n) is 6.82. The largest absolute Gasteiger partial charge is 0.370 e. The van der Waals surface area contributed by atoms with Gasteiger partial charge in [0, 0.05) is 6.54 Å². The third-order valence-corrected chi connectivity index (χ3v) is 4.10. The van der Waals surface area contributed by atoms with Gasteiger partial charge in [-0.3, -0.25) is 9.59 Å². The Morgan fingerprint density at radius 2 is 2.14 bits per heavy atom. The summed E-state index contributed by atoms with van der Waals surface area (Å²) in [6, 6.07) is 5.26. The molecule has 0 radical (unpaired) electrons. The molecule has 0 spiro atoms. The molecule has 0 bridgehead atoms. The first-order valence-corrected chi connectivity index (χ1v) is 7.58. The Balaban J connectivity index is 1.97. The van der Waals surface area contributed by atoms with Crippen LogP contribution in [0.3, 0.4) is 0 Å². The number of halogens is 2. The van der Waals surface area contributed by atoms with Crippen molar-refractivity contribution in [1.82, 2.24) is 10.2 Å². The Hall–Kier alpha value is -1.34. The van der Waals surface area contributed by atoms with Crippen LogP contribution >= 0.6 is 23.2 Å². The Morgan fingerprint density at radius 1 is 1.36 bits per heavy atom. The molecule has 6 nitrogen and oxygen atoms in total. The number of hydrogen-bond donors (Lipinski definition) is 2. The van der Waals surface area contributed by atoms with Crippen LogP contribution in [0.4, 0.5) is 0 Å². The molecule has 3 N–H and O–H groups in total. The van der Waals surface area contributed by atoms with E-state index in [1.807, 2.05) is 6.07 Å².